The average molecular weight is 501 g/mol. The fraction of sp³-hybridized carbons (Fsp3) is 0.433. The Kier molecular flexibility index (Phi) is 6.80. The predicted molar refractivity (Wildman–Crippen MR) is 145 cm³/mol. The zero-order chi connectivity index (χ0) is 26.2. The molecule has 0 saturated carbocycles. The summed E-state index contributed by atoms with van der Waals surface area (Å²) in [7, 11) is 0. The summed E-state index contributed by atoms with van der Waals surface area (Å²) in [5, 5.41) is 4.10. The molecule has 1 fully saturated rings. The molecule has 37 heavy (non-hydrogen) atoms. The number of para-hydroxylation sites is 2. The molecule has 0 spiro atoms. The van der Waals surface area contributed by atoms with Crippen LogP contribution in [0.25, 0.3) is 10.9 Å². The number of carbonyl (C=O) groups is 3. The molecular formula is C30H36N4O3. The summed E-state index contributed by atoms with van der Waals surface area (Å²) >= 11 is 0. The number of anilines is 1. The molecule has 194 valence electrons. The number of nitrogens with one attached hydrogen (secondary N) is 2. The zero-order valence-corrected chi connectivity index (χ0v) is 21.9. The number of nitrogens with zero attached hydrogens (tertiary/aromatic N) is 2. The van der Waals surface area contributed by atoms with Gasteiger partial charge < -0.3 is 20.1 Å². The minimum absolute atomic E-state index is 0.0632. The van der Waals surface area contributed by atoms with Crippen LogP contribution < -0.4 is 10.2 Å². The largest absolute Gasteiger partial charge is 0.361 e. The number of piperidine rings is 1. The van der Waals surface area contributed by atoms with Gasteiger partial charge in [0.05, 0.1) is 0 Å². The molecule has 1 aromatic heterocycles. The highest BCUT2D eigenvalue weighted by molar-refractivity contribution is 5.97. The third-order valence-corrected chi connectivity index (χ3v) is 7.65. The molecule has 0 bridgehead atoms. The van der Waals surface area contributed by atoms with E-state index in [1.54, 1.807) is 0 Å². The number of fused-ring (bicyclic) bond motifs is 2. The summed E-state index contributed by atoms with van der Waals surface area (Å²) < 4.78 is 0. The van der Waals surface area contributed by atoms with E-state index in [0.29, 0.717) is 25.9 Å². The minimum atomic E-state index is -0.653. The Balaban J connectivity index is 1.32. The van der Waals surface area contributed by atoms with Crippen LogP contribution in [0.2, 0.25) is 0 Å². The van der Waals surface area contributed by atoms with Crippen molar-refractivity contribution in [3.05, 3.63) is 65.9 Å². The second kappa shape index (κ2) is 10.0. The van der Waals surface area contributed by atoms with E-state index in [-0.39, 0.29) is 23.8 Å². The van der Waals surface area contributed by atoms with Gasteiger partial charge in [0, 0.05) is 60.2 Å². The molecule has 1 atom stereocenters. The first kappa shape index (κ1) is 25.1. The molecule has 2 N–H and O–H groups in total. The number of likely N-dealkylation sites (tertiary alicyclic amines) is 1. The molecule has 2 aliphatic rings. The molecule has 2 aliphatic heterocycles. The lowest BCUT2D eigenvalue weighted by Crippen LogP contribution is -2.56. The summed E-state index contributed by atoms with van der Waals surface area (Å²) in [6.07, 6.45) is 5.10. The van der Waals surface area contributed by atoms with Gasteiger partial charge in [0.1, 0.15) is 6.04 Å². The summed E-state index contributed by atoms with van der Waals surface area (Å²) in [6, 6.07) is 15.6. The monoisotopic (exact) mass is 500 g/mol. The van der Waals surface area contributed by atoms with Crippen molar-refractivity contribution in [2.45, 2.75) is 65.0 Å². The number of amides is 3. The van der Waals surface area contributed by atoms with Crippen LogP contribution in [-0.4, -0.2) is 52.8 Å². The van der Waals surface area contributed by atoms with Gasteiger partial charge in [-0.05, 0) is 42.5 Å². The van der Waals surface area contributed by atoms with Gasteiger partial charge in [-0.3, -0.25) is 14.4 Å². The lowest BCUT2D eigenvalue weighted by atomic mass is 9.93. The Labute approximate surface area is 218 Å². The number of rotatable bonds is 5. The number of hydrogen-bond acceptors (Lipinski definition) is 3. The van der Waals surface area contributed by atoms with Gasteiger partial charge in [-0.2, -0.15) is 0 Å². The summed E-state index contributed by atoms with van der Waals surface area (Å²) in [5.74, 6) is -0.0408. The van der Waals surface area contributed by atoms with Crippen LogP contribution in [0.3, 0.4) is 0 Å². The molecule has 5 rings (SSSR count). The molecule has 7 heteroatoms. The molecule has 3 heterocycles. The van der Waals surface area contributed by atoms with Crippen molar-refractivity contribution in [2.75, 3.05) is 18.0 Å². The van der Waals surface area contributed by atoms with Crippen molar-refractivity contribution >= 4 is 34.3 Å². The van der Waals surface area contributed by atoms with Crippen molar-refractivity contribution < 1.29 is 14.4 Å². The third-order valence-electron chi connectivity index (χ3n) is 7.65. The maximum Gasteiger partial charge on any atom is 0.245 e. The van der Waals surface area contributed by atoms with Crippen LogP contribution in [0.4, 0.5) is 5.69 Å². The molecule has 0 aliphatic carbocycles. The maximum atomic E-state index is 13.8. The molecule has 3 aromatic rings. The van der Waals surface area contributed by atoms with Gasteiger partial charge >= 0.3 is 0 Å². The number of aryl methyl sites for hydroxylation is 1. The van der Waals surface area contributed by atoms with Gasteiger partial charge in [-0.25, -0.2) is 0 Å². The van der Waals surface area contributed by atoms with E-state index in [1.165, 1.54) is 5.56 Å². The Morgan fingerprint density at radius 3 is 2.49 bits per heavy atom. The van der Waals surface area contributed by atoms with Crippen molar-refractivity contribution in [1.82, 2.24) is 15.2 Å². The lowest BCUT2D eigenvalue weighted by molar-refractivity contribution is -0.139. The van der Waals surface area contributed by atoms with Gasteiger partial charge in [-0.15, -0.1) is 0 Å². The number of carbonyl (C=O) groups excluding carboxylic acids is 3. The predicted octanol–water partition coefficient (Wildman–Crippen LogP) is 4.21. The van der Waals surface area contributed by atoms with Crippen LogP contribution in [0.1, 0.15) is 51.2 Å². The van der Waals surface area contributed by atoms with Crippen LogP contribution >= 0.6 is 0 Å². The number of hydrogen-bond donors (Lipinski definition) is 2. The average Bonchev–Trinajstić information content (AvgIpc) is 3.30. The van der Waals surface area contributed by atoms with E-state index in [0.717, 1.165) is 41.4 Å². The van der Waals surface area contributed by atoms with Gasteiger partial charge in [0.2, 0.25) is 17.7 Å². The number of aromatic nitrogens is 1. The second-order valence-electron chi connectivity index (χ2n) is 11.3. The number of aromatic amines is 1. The Morgan fingerprint density at radius 2 is 1.73 bits per heavy atom. The summed E-state index contributed by atoms with van der Waals surface area (Å²) in [4.78, 5) is 46.7. The molecule has 2 aromatic carbocycles. The second-order valence-corrected chi connectivity index (χ2v) is 11.3. The van der Waals surface area contributed by atoms with Crippen molar-refractivity contribution in [3.8, 4) is 0 Å². The van der Waals surface area contributed by atoms with Gasteiger partial charge in [0.15, 0.2) is 0 Å². The molecule has 3 amide bonds. The summed E-state index contributed by atoms with van der Waals surface area (Å²) in [6.45, 7) is 6.69. The lowest BCUT2D eigenvalue weighted by Gasteiger charge is -2.41. The van der Waals surface area contributed by atoms with Crippen LogP contribution in [-0.2, 0) is 27.2 Å². The standard InChI is InChI=1S/C30H36N4O3/c1-30(2,3)29(37)32-25(18-21-19-31-24-10-6-5-9-23(21)24)28(36)33-16-14-22(15-17-33)34-26-11-7-4-8-20(26)12-13-27(34)35/h4-11,19,22,25,31H,12-18H2,1-3H3,(H,32,37)/t25-/m1/s1. The number of benzene rings is 2. The number of H-pyrrole nitrogens is 1. The van der Waals surface area contributed by atoms with E-state index in [9.17, 15) is 14.4 Å². The topological polar surface area (TPSA) is 85.5 Å². The fourth-order valence-electron chi connectivity index (χ4n) is 5.51. The van der Waals surface area contributed by atoms with Crippen LogP contribution in [0.15, 0.2) is 54.7 Å². The van der Waals surface area contributed by atoms with Crippen LogP contribution in [0.5, 0.6) is 0 Å². The first-order chi connectivity index (χ1) is 17.7. The molecule has 0 radical (unpaired) electrons. The quantitative estimate of drug-likeness (QED) is 0.550. The van der Waals surface area contributed by atoms with Gasteiger partial charge in [-0.1, -0.05) is 57.2 Å². The molecule has 1 saturated heterocycles. The zero-order valence-electron chi connectivity index (χ0n) is 21.9. The highest BCUT2D eigenvalue weighted by atomic mass is 16.2. The van der Waals surface area contributed by atoms with Crippen molar-refractivity contribution in [2.24, 2.45) is 5.41 Å². The highest BCUT2D eigenvalue weighted by Crippen LogP contribution is 2.32. The summed E-state index contributed by atoms with van der Waals surface area (Å²) in [5.41, 5.74) is 3.64. The highest BCUT2D eigenvalue weighted by Gasteiger charge is 2.36. The maximum absolute atomic E-state index is 13.8. The molecule has 0 unspecified atom stereocenters. The van der Waals surface area contributed by atoms with E-state index in [1.807, 2.05) is 79.2 Å². The third kappa shape index (κ3) is 5.13. The van der Waals surface area contributed by atoms with E-state index in [4.69, 9.17) is 0 Å². The minimum Gasteiger partial charge on any atom is -0.361 e. The Bertz CT molecular complexity index is 1310. The smallest absolute Gasteiger partial charge is 0.245 e. The SMILES string of the molecule is CC(C)(C)C(=O)N[C@H](Cc1c[nH]c2ccccc12)C(=O)N1CCC(N2C(=O)CCc3ccccc32)CC1. The van der Waals surface area contributed by atoms with Gasteiger partial charge in [0.25, 0.3) is 0 Å². The normalized spacial score (nSPS) is 17.5. The fourth-order valence-corrected chi connectivity index (χ4v) is 5.51. The van der Waals surface area contributed by atoms with Crippen molar-refractivity contribution in [3.63, 3.8) is 0 Å². The Hall–Kier alpha value is -3.61. The first-order valence-electron chi connectivity index (χ1n) is 13.3. The Morgan fingerprint density at radius 1 is 1.03 bits per heavy atom. The first-order valence-corrected chi connectivity index (χ1v) is 13.3. The molecular weight excluding hydrogens is 464 g/mol. The van der Waals surface area contributed by atoms with E-state index >= 15 is 0 Å². The van der Waals surface area contributed by atoms with Crippen LogP contribution in [0, 0.1) is 5.41 Å². The van der Waals surface area contributed by atoms with Crippen molar-refractivity contribution in [1.29, 1.82) is 0 Å². The molecule has 7 nitrogen and oxygen atoms in total. The van der Waals surface area contributed by atoms with E-state index in [2.05, 4.69) is 16.4 Å². The van der Waals surface area contributed by atoms with E-state index < -0.39 is 11.5 Å².